The van der Waals surface area contributed by atoms with Crippen molar-refractivity contribution in [3.63, 3.8) is 0 Å². The van der Waals surface area contributed by atoms with Gasteiger partial charge in [0.1, 0.15) is 5.75 Å². The number of ether oxygens (including phenoxy) is 1. The van der Waals surface area contributed by atoms with Crippen molar-refractivity contribution in [3.8, 4) is 5.75 Å². The van der Waals surface area contributed by atoms with Gasteiger partial charge in [0.25, 0.3) is 5.91 Å². The molecule has 1 aromatic rings. The van der Waals surface area contributed by atoms with Gasteiger partial charge in [-0.1, -0.05) is 6.07 Å². The number of nitrogens with one attached hydrogen (secondary N) is 1. The standard InChI is InChI=1S/C14H17NO4/c1-8-5-10-7-12(19-11(10)6-9(8)2)14(18)15-4-3-13(16)17/h5-6,12H,3-4,7H2,1-2H3,(H,15,18)(H,16,17). The second-order valence-electron chi connectivity index (χ2n) is 4.79. The molecule has 1 atom stereocenters. The largest absolute Gasteiger partial charge is 0.481 e. The number of rotatable bonds is 4. The van der Waals surface area contributed by atoms with Crippen LogP contribution in [-0.2, 0) is 16.0 Å². The normalized spacial score (nSPS) is 16.6. The summed E-state index contributed by atoms with van der Waals surface area (Å²) in [7, 11) is 0. The number of carbonyl (C=O) groups excluding carboxylic acids is 1. The van der Waals surface area contributed by atoms with Crippen LogP contribution in [0.2, 0.25) is 0 Å². The Bertz CT molecular complexity index is 493. The molecular weight excluding hydrogens is 246 g/mol. The van der Waals surface area contributed by atoms with E-state index >= 15 is 0 Å². The summed E-state index contributed by atoms with van der Waals surface area (Å²) in [5.41, 5.74) is 3.33. The highest BCUT2D eigenvalue weighted by Gasteiger charge is 2.29. The number of aliphatic carboxylic acids is 1. The molecule has 19 heavy (non-hydrogen) atoms. The van der Waals surface area contributed by atoms with Gasteiger partial charge < -0.3 is 15.2 Å². The van der Waals surface area contributed by atoms with Gasteiger partial charge in [-0.15, -0.1) is 0 Å². The highest BCUT2D eigenvalue weighted by Crippen LogP contribution is 2.31. The quantitative estimate of drug-likeness (QED) is 0.855. The van der Waals surface area contributed by atoms with Crippen molar-refractivity contribution in [3.05, 3.63) is 28.8 Å². The van der Waals surface area contributed by atoms with Gasteiger partial charge in [-0.05, 0) is 36.6 Å². The van der Waals surface area contributed by atoms with Crippen molar-refractivity contribution in [2.75, 3.05) is 6.54 Å². The summed E-state index contributed by atoms with van der Waals surface area (Å²) < 4.78 is 5.60. The second-order valence-corrected chi connectivity index (χ2v) is 4.79. The smallest absolute Gasteiger partial charge is 0.305 e. The van der Waals surface area contributed by atoms with Gasteiger partial charge in [-0.2, -0.15) is 0 Å². The molecule has 0 saturated carbocycles. The number of aryl methyl sites for hydroxylation is 2. The number of hydrogen-bond acceptors (Lipinski definition) is 3. The van der Waals surface area contributed by atoms with E-state index in [4.69, 9.17) is 9.84 Å². The summed E-state index contributed by atoms with van der Waals surface area (Å²) in [6.45, 7) is 4.15. The molecule has 5 heteroatoms. The Balaban J connectivity index is 1.96. The van der Waals surface area contributed by atoms with Crippen LogP contribution in [0.3, 0.4) is 0 Å². The molecule has 2 rings (SSSR count). The van der Waals surface area contributed by atoms with E-state index in [1.807, 2.05) is 26.0 Å². The van der Waals surface area contributed by atoms with Gasteiger partial charge in [-0.3, -0.25) is 9.59 Å². The Labute approximate surface area is 111 Å². The predicted molar refractivity (Wildman–Crippen MR) is 69.3 cm³/mol. The number of carbonyl (C=O) groups is 2. The third kappa shape index (κ3) is 3.05. The van der Waals surface area contributed by atoms with E-state index < -0.39 is 12.1 Å². The molecule has 2 N–H and O–H groups in total. The monoisotopic (exact) mass is 263 g/mol. The predicted octanol–water partition coefficient (Wildman–Crippen LogP) is 1.20. The molecule has 0 spiro atoms. The molecule has 0 radical (unpaired) electrons. The van der Waals surface area contributed by atoms with E-state index in [2.05, 4.69) is 5.32 Å². The van der Waals surface area contributed by atoms with Gasteiger partial charge in [0, 0.05) is 13.0 Å². The van der Waals surface area contributed by atoms with E-state index in [1.165, 1.54) is 5.56 Å². The average molecular weight is 263 g/mol. The first kappa shape index (κ1) is 13.4. The molecule has 0 saturated heterocycles. The molecule has 0 aromatic heterocycles. The van der Waals surface area contributed by atoms with Crippen LogP contribution in [0.15, 0.2) is 12.1 Å². The first-order chi connectivity index (χ1) is 8.97. The lowest BCUT2D eigenvalue weighted by Crippen LogP contribution is -2.38. The van der Waals surface area contributed by atoms with Crippen molar-refractivity contribution >= 4 is 11.9 Å². The van der Waals surface area contributed by atoms with Gasteiger partial charge in [-0.25, -0.2) is 0 Å². The van der Waals surface area contributed by atoms with Crippen LogP contribution in [-0.4, -0.2) is 29.6 Å². The maximum absolute atomic E-state index is 11.8. The lowest BCUT2D eigenvalue weighted by molar-refractivity contribution is -0.137. The van der Waals surface area contributed by atoms with E-state index in [1.54, 1.807) is 0 Å². The molecule has 0 fully saturated rings. The fourth-order valence-corrected chi connectivity index (χ4v) is 2.07. The minimum Gasteiger partial charge on any atom is -0.481 e. The number of benzene rings is 1. The molecule has 1 unspecified atom stereocenters. The third-order valence-corrected chi connectivity index (χ3v) is 3.28. The lowest BCUT2D eigenvalue weighted by Gasteiger charge is -2.10. The van der Waals surface area contributed by atoms with Crippen LogP contribution in [0, 0.1) is 13.8 Å². The Morgan fingerprint density at radius 1 is 1.37 bits per heavy atom. The molecule has 102 valence electrons. The lowest BCUT2D eigenvalue weighted by atomic mass is 10.0. The molecular formula is C14H17NO4. The SMILES string of the molecule is Cc1cc2c(cc1C)OC(C(=O)NCCC(=O)O)C2. The Morgan fingerprint density at radius 3 is 2.74 bits per heavy atom. The fourth-order valence-electron chi connectivity index (χ4n) is 2.07. The van der Waals surface area contributed by atoms with Crippen LogP contribution < -0.4 is 10.1 Å². The van der Waals surface area contributed by atoms with E-state index in [0.717, 1.165) is 16.9 Å². The first-order valence-corrected chi connectivity index (χ1v) is 6.23. The van der Waals surface area contributed by atoms with Crippen LogP contribution in [0.5, 0.6) is 5.75 Å². The molecule has 5 nitrogen and oxygen atoms in total. The van der Waals surface area contributed by atoms with E-state index in [-0.39, 0.29) is 18.9 Å². The fraction of sp³-hybridized carbons (Fsp3) is 0.429. The Morgan fingerprint density at radius 2 is 2.05 bits per heavy atom. The summed E-state index contributed by atoms with van der Waals surface area (Å²) in [6.07, 6.45) is -0.0936. The van der Waals surface area contributed by atoms with Crippen molar-refractivity contribution in [1.82, 2.24) is 5.32 Å². The van der Waals surface area contributed by atoms with Crippen LogP contribution in [0.25, 0.3) is 0 Å². The molecule has 1 aromatic carbocycles. The Hall–Kier alpha value is -2.04. The van der Waals surface area contributed by atoms with Crippen molar-refractivity contribution in [2.45, 2.75) is 32.8 Å². The number of amides is 1. The van der Waals surface area contributed by atoms with Gasteiger partial charge in [0.15, 0.2) is 6.10 Å². The highest BCUT2D eigenvalue weighted by molar-refractivity contribution is 5.83. The zero-order valence-corrected chi connectivity index (χ0v) is 11.0. The molecule has 1 amide bonds. The topological polar surface area (TPSA) is 75.6 Å². The van der Waals surface area contributed by atoms with Crippen LogP contribution in [0.1, 0.15) is 23.1 Å². The molecule has 0 bridgehead atoms. The molecule has 1 aliphatic heterocycles. The zero-order chi connectivity index (χ0) is 14.0. The first-order valence-electron chi connectivity index (χ1n) is 6.23. The number of hydrogen-bond donors (Lipinski definition) is 2. The van der Waals surface area contributed by atoms with Gasteiger partial charge in [0.05, 0.1) is 6.42 Å². The molecule has 0 aliphatic carbocycles. The van der Waals surface area contributed by atoms with Crippen molar-refractivity contribution < 1.29 is 19.4 Å². The average Bonchev–Trinajstić information content (AvgIpc) is 2.72. The van der Waals surface area contributed by atoms with Gasteiger partial charge in [0.2, 0.25) is 0 Å². The van der Waals surface area contributed by atoms with Crippen molar-refractivity contribution in [2.24, 2.45) is 0 Å². The summed E-state index contributed by atoms with van der Waals surface area (Å²) in [6, 6.07) is 3.98. The number of carboxylic acid groups (broad SMARTS) is 1. The summed E-state index contributed by atoms with van der Waals surface area (Å²) in [4.78, 5) is 22.2. The zero-order valence-electron chi connectivity index (χ0n) is 11.0. The number of carboxylic acids is 1. The summed E-state index contributed by atoms with van der Waals surface area (Å²) in [5.74, 6) is -0.434. The van der Waals surface area contributed by atoms with E-state index in [9.17, 15) is 9.59 Å². The second kappa shape index (κ2) is 5.30. The summed E-state index contributed by atoms with van der Waals surface area (Å²) >= 11 is 0. The number of fused-ring (bicyclic) bond motifs is 1. The minimum atomic E-state index is -0.929. The van der Waals surface area contributed by atoms with Crippen LogP contribution >= 0.6 is 0 Å². The van der Waals surface area contributed by atoms with Crippen LogP contribution in [0.4, 0.5) is 0 Å². The summed E-state index contributed by atoms with van der Waals surface area (Å²) in [5, 5.41) is 11.1. The highest BCUT2D eigenvalue weighted by atomic mass is 16.5. The minimum absolute atomic E-state index is 0.0797. The van der Waals surface area contributed by atoms with E-state index in [0.29, 0.717) is 6.42 Å². The Kier molecular flexibility index (Phi) is 3.74. The maximum Gasteiger partial charge on any atom is 0.305 e. The third-order valence-electron chi connectivity index (χ3n) is 3.28. The molecule has 1 heterocycles. The van der Waals surface area contributed by atoms with Crippen molar-refractivity contribution in [1.29, 1.82) is 0 Å². The van der Waals surface area contributed by atoms with Gasteiger partial charge >= 0.3 is 5.97 Å². The maximum atomic E-state index is 11.8. The molecule has 1 aliphatic rings.